The molecule has 1 aromatic rings. The van der Waals surface area contributed by atoms with Gasteiger partial charge in [-0.2, -0.15) is 0 Å². The van der Waals surface area contributed by atoms with Crippen LogP contribution in [0.4, 0.5) is 0 Å². The summed E-state index contributed by atoms with van der Waals surface area (Å²) in [5.41, 5.74) is 6.65. The first kappa shape index (κ1) is 12.4. The molecule has 1 atom stereocenters. The number of halogens is 1. The Hall–Kier alpha value is -1.06. The van der Waals surface area contributed by atoms with Crippen LogP contribution < -0.4 is 5.73 Å². The molecule has 0 fully saturated rings. The Morgan fingerprint density at radius 3 is 2.82 bits per heavy atom. The van der Waals surface area contributed by atoms with E-state index in [0.29, 0.717) is 6.54 Å². The van der Waals surface area contributed by atoms with Gasteiger partial charge in [-0.1, -0.05) is 23.7 Å². The van der Waals surface area contributed by atoms with Crippen LogP contribution in [0.15, 0.2) is 29.3 Å². The van der Waals surface area contributed by atoms with Gasteiger partial charge in [0.2, 0.25) is 0 Å². The number of hydrogen-bond donors (Lipinski definition) is 1. The average Bonchev–Trinajstić information content (AvgIpc) is 2.77. The van der Waals surface area contributed by atoms with Crippen molar-refractivity contribution in [2.45, 2.75) is 25.4 Å². The third-order valence-corrected chi connectivity index (χ3v) is 3.02. The summed E-state index contributed by atoms with van der Waals surface area (Å²) in [6.07, 6.45) is 2.95. The van der Waals surface area contributed by atoms with Crippen LogP contribution >= 0.6 is 11.6 Å². The number of nitrogens with zero attached hydrogens (tertiary/aromatic N) is 1. The molecule has 0 amide bonds. The summed E-state index contributed by atoms with van der Waals surface area (Å²) < 4.78 is 5.76. The molecule has 0 saturated heterocycles. The number of nitrogens with two attached hydrogens (primary N) is 1. The van der Waals surface area contributed by atoms with Crippen LogP contribution in [0.2, 0.25) is 5.02 Å². The molecular weight excluding hydrogens is 236 g/mol. The van der Waals surface area contributed by atoms with Crippen LogP contribution in [0.5, 0.6) is 0 Å². The van der Waals surface area contributed by atoms with Gasteiger partial charge < -0.3 is 10.5 Å². The van der Waals surface area contributed by atoms with E-state index in [9.17, 15) is 0 Å². The molecule has 4 heteroatoms. The molecule has 0 aromatic heterocycles. The highest BCUT2D eigenvalue weighted by molar-refractivity contribution is 6.30. The van der Waals surface area contributed by atoms with Gasteiger partial charge in [0.1, 0.15) is 6.10 Å². The molecular formula is C13H17ClN2O. The second-order valence-corrected chi connectivity index (χ2v) is 4.64. The standard InChI is InChI=1S/C13H17ClN2O/c14-11-5-3-10(4-6-11)8-13-16-9-12(17-13)2-1-7-15/h3-6,12H,1-2,7-9,15H2. The smallest absolute Gasteiger partial charge is 0.188 e. The Bertz CT molecular complexity index is 389. The molecule has 2 N–H and O–H groups in total. The van der Waals surface area contributed by atoms with Gasteiger partial charge in [-0.3, -0.25) is 4.99 Å². The topological polar surface area (TPSA) is 47.6 Å². The van der Waals surface area contributed by atoms with Crippen LogP contribution in [-0.2, 0) is 11.2 Å². The van der Waals surface area contributed by atoms with E-state index in [-0.39, 0.29) is 6.10 Å². The molecule has 0 bridgehead atoms. The van der Waals surface area contributed by atoms with Crippen molar-refractivity contribution in [3.63, 3.8) is 0 Å². The maximum absolute atomic E-state index is 5.84. The van der Waals surface area contributed by atoms with E-state index < -0.39 is 0 Å². The third kappa shape index (κ3) is 3.72. The number of hydrogen-bond acceptors (Lipinski definition) is 3. The number of ether oxygens (including phenoxy) is 1. The summed E-state index contributed by atoms with van der Waals surface area (Å²) in [6, 6.07) is 7.78. The zero-order valence-corrected chi connectivity index (χ0v) is 10.5. The molecule has 0 saturated carbocycles. The molecule has 1 heterocycles. The van der Waals surface area contributed by atoms with Gasteiger partial charge in [-0.25, -0.2) is 0 Å². The Morgan fingerprint density at radius 1 is 1.35 bits per heavy atom. The van der Waals surface area contributed by atoms with Gasteiger partial charge in [0.15, 0.2) is 5.90 Å². The highest BCUT2D eigenvalue weighted by Gasteiger charge is 2.18. The maximum Gasteiger partial charge on any atom is 0.188 e. The first-order valence-electron chi connectivity index (χ1n) is 5.92. The number of rotatable bonds is 5. The lowest BCUT2D eigenvalue weighted by Crippen LogP contribution is -2.15. The summed E-state index contributed by atoms with van der Waals surface area (Å²) >= 11 is 5.84. The fourth-order valence-electron chi connectivity index (χ4n) is 1.84. The molecule has 0 radical (unpaired) electrons. The van der Waals surface area contributed by atoms with Gasteiger partial charge in [-0.05, 0) is 37.1 Å². The van der Waals surface area contributed by atoms with Gasteiger partial charge in [0.25, 0.3) is 0 Å². The van der Waals surface area contributed by atoms with Crippen molar-refractivity contribution in [1.82, 2.24) is 0 Å². The van der Waals surface area contributed by atoms with Crippen LogP contribution in [0, 0.1) is 0 Å². The summed E-state index contributed by atoms with van der Waals surface area (Å²) in [4.78, 5) is 4.41. The van der Waals surface area contributed by atoms with Crippen molar-refractivity contribution in [2.75, 3.05) is 13.1 Å². The monoisotopic (exact) mass is 252 g/mol. The lowest BCUT2D eigenvalue weighted by atomic mass is 10.1. The van der Waals surface area contributed by atoms with Crippen molar-refractivity contribution >= 4 is 17.5 Å². The zero-order chi connectivity index (χ0) is 12.1. The molecule has 1 aromatic carbocycles. The highest BCUT2D eigenvalue weighted by Crippen LogP contribution is 2.15. The Balaban J connectivity index is 1.83. The summed E-state index contributed by atoms with van der Waals surface area (Å²) in [7, 11) is 0. The Kier molecular flexibility index (Phi) is 4.40. The minimum Gasteiger partial charge on any atom is -0.475 e. The average molecular weight is 253 g/mol. The fraction of sp³-hybridized carbons (Fsp3) is 0.462. The zero-order valence-electron chi connectivity index (χ0n) is 9.73. The van der Waals surface area contributed by atoms with E-state index in [2.05, 4.69) is 4.99 Å². The molecule has 3 nitrogen and oxygen atoms in total. The van der Waals surface area contributed by atoms with Crippen LogP contribution in [0.25, 0.3) is 0 Å². The van der Waals surface area contributed by atoms with Gasteiger partial charge in [-0.15, -0.1) is 0 Å². The quantitative estimate of drug-likeness (QED) is 0.875. The van der Waals surface area contributed by atoms with Crippen molar-refractivity contribution < 1.29 is 4.74 Å². The summed E-state index contributed by atoms with van der Waals surface area (Å²) in [5, 5.41) is 0.754. The second kappa shape index (κ2) is 6.03. The fourth-order valence-corrected chi connectivity index (χ4v) is 1.97. The second-order valence-electron chi connectivity index (χ2n) is 4.21. The van der Waals surface area contributed by atoms with Crippen molar-refractivity contribution in [3.05, 3.63) is 34.9 Å². The van der Waals surface area contributed by atoms with E-state index in [0.717, 1.165) is 36.7 Å². The third-order valence-electron chi connectivity index (χ3n) is 2.77. The highest BCUT2D eigenvalue weighted by atomic mass is 35.5. The first-order valence-corrected chi connectivity index (χ1v) is 6.30. The SMILES string of the molecule is NCCCC1CN=C(Cc2ccc(Cl)cc2)O1. The lowest BCUT2D eigenvalue weighted by molar-refractivity contribution is 0.207. The van der Waals surface area contributed by atoms with Crippen molar-refractivity contribution in [3.8, 4) is 0 Å². The predicted octanol–water partition coefficient (Wildman–Crippen LogP) is 2.42. The Morgan fingerprint density at radius 2 is 2.12 bits per heavy atom. The molecule has 2 rings (SSSR count). The molecule has 1 aliphatic heterocycles. The molecule has 1 aliphatic rings. The van der Waals surface area contributed by atoms with Crippen LogP contribution in [0.3, 0.4) is 0 Å². The van der Waals surface area contributed by atoms with E-state index in [1.807, 2.05) is 24.3 Å². The van der Waals surface area contributed by atoms with Gasteiger partial charge in [0.05, 0.1) is 6.54 Å². The van der Waals surface area contributed by atoms with Gasteiger partial charge in [0, 0.05) is 11.4 Å². The van der Waals surface area contributed by atoms with E-state index in [1.54, 1.807) is 0 Å². The van der Waals surface area contributed by atoms with Gasteiger partial charge >= 0.3 is 0 Å². The predicted molar refractivity (Wildman–Crippen MR) is 70.6 cm³/mol. The molecule has 0 spiro atoms. The van der Waals surface area contributed by atoms with Crippen LogP contribution in [0.1, 0.15) is 18.4 Å². The number of benzene rings is 1. The lowest BCUT2D eigenvalue weighted by Gasteiger charge is -2.10. The van der Waals surface area contributed by atoms with E-state index in [4.69, 9.17) is 22.1 Å². The van der Waals surface area contributed by atoms with E-state index in [1.165, 1.54) is 5.56 Å². The summed E-state index contributed by atoms with van der Waals surface area (Å²) in [6.45, 7) is 1.48. The largest absolute Gasteiger partial charge is 0.475 e. The Labute approximate surface area is 107 Å². The van der Waals surface area contributed by atoms with E-state index >= 15 is 0 Å². The van der Waals surface area contributed by atoms with Crippen molar-refractivity contribution in [2.24, 2.45) is 10.7 Å². The molecule has 92 valence electrons. The maximum atomic E-state index is 5.84. The number of aliphatic imine (C=N–C) groups is 1. The molecule has 1 unspecified atom stereocenters. The minimum absolute atomic E-state index is 0.223. The first-order chi connectivity index (χ1) is 8.28. The normalized spacial score (nSPS) is 18.9. The van der Waals surface area contributed by atoms with Crippen molar-refractivity contribution in [1.29, 1.82) is 0 Å². The molecule has 17 heavy (non-hydrogen) atoms. The summed E-state index contributed by atoms with van der Waals surface area (Å²) in [5.74, 6) is 0.828. The molecule has 0 aliphatic carbocycles. The van der Waals surface area contributed by atoms with Crippen LogP contribution in [-0.4, -0.2) is 25.1 Å². The minimum atomic E-state index is 0.223.